The quantitative estimate of drug-likeness (QED) is 0.332. The third-order valence-electron chi connectivity index (χ3n) is 11.7. The molecule has 0 radical (unpaired) electrons. The lowest BCUT2D eigenvalue weighted by molar-refractivity contribution is -0.149. The van der Waals surface area contributed by atoms with Crippen molar-refractivity contribution in [3.63, 3.8) is 0 Å². The molecule has 4 nitrogen and oxygen atoms in total. The van der Waals surface area contributed by atoms with Crippen LogP contribution in [0.2, 0.25) is 0 Å². The average Bonchev–Trinajstić information content (AvgIpc) is 3.25. The standard InChI is InChI=1S/C33H48O4/c1-5-24-28-19-23(34)15-17-33(28,4)27-16-18-32(3)25(12-13-26(32)30(27)31(24)36)21(2)11-14-29(35)37-20-22-9-7-6-8-10-22/h5-10,21,23,25-28,30-31,34,36H,11-20H2,1-4H3/t21-,23-,25-,26+,27+,28+,30+,31-,32-,33-/m1/s1. The summed E-state index contributed by atoms with van der Waals surface area (Å²) in [6, 6.07) is 9.89. The molecule has 0 spiro atoms. The minimum absolute atomic E-state index is 0.0991. The maximum absolute atomic E-state index is 12.5. The number of carbonyl (C=O) groups is 1. The van der Waals surface area contributed by atoms with Crippen molar-refractivity contribution in [1.82, 2.24) is 0 Å². The zero-order chi connectivity index (χ0) is 26.4. The second-order valence-electron chi connectivity index (χ2n) is 13.4. The normalized spacial score (nSPS) is 43.0. The lowest BCUT2D eigenvalue weighted by Gasteiger charge is -2.63. The predicted molar refractivity (Wildman–Crippen MR) is 146 cm³/mol. The number of aliphatic hydroxyl groups excluding tert-OH is 2. The maximum atomic E-state index is 12.5. The number of aliphatic hydroxyl groups is 2. The van der Waals surface area contributed by atoms with Crippen molar-refractivity contribution in [2.24, 2.45) is 46.3 Å². The first kappa shape index (κ1) is 26.9. The Hall–Kier alpha value is -1.65. The van der Waals surface area contributed by atoms with E-state index in [9.17, 15) is 15.0 Å². The van der Waals surface area contributed by atoms with Crippen LogP contribution in [-0.4, -0.2) is 28.4 Å². The Morgan fingerprint density at radius 2 is 1.76 bits per heavy atom. The molecule has 5 rings (SSSR count). The summed E-state index contributed by atoms with van der Waals surface area (Å²) in [7, 11) is 0. The van der Waals surface area contributed by atoms with Crippen LogP contribution in [0.15, 0.2) is 42.0 Å². The van der Waals surface area contributed by atoms with Crippen LogP contribution >= 0.6 is 0 Å². The number of fused-ring (bicyclic) bond motifs is 5. The summed E-state index contributed by atoms with van der Waals surface area (Å²) < 4.78 is 5.55. The summed E-state index contributed by atoms with van der Waals surface area (Å²) in [6.07, 6.45) is 10.4. The smallest absolute Gasteiger partial charge is 0.306 e. The van der Waals surface area contributed by atoms with Crippen molar-refractivity contribution in [3.8, 4) is 0 Å². The minimum atomic E-state index is -0.384. The van der Waals surface area contributed by atoms with E-state index in [1.165, 1.54) is 31.3 Å². The minimum Gasteiger partial charge on any atom is -0.461 e. The van der Waals surface area contributed by atoms with E-state index in [0.717, 1.165) is 31.2 Å². The number of rotatable bonds is 6. The Bertz CT molecular complexity index is 987. The van der Waals surface area contributed by atoms with Crippen molar-refractivity contribution in [2.75, 3.05) is 0 Å². The van der Waals surface area contributed by atoms with Crippen LogP contribution in [0.1, 0.15) is 91.0 Å². The number of hydrogen-bond donors (Lipinski definition) is 2. The third-order valence-corrected chi connectivity index (χ3v) is 11.7. The second-order valence-corrected chi connectivity index (χ2v) is 13.4. The molecule has 0 bridgehead atoms. The summed E-state index contributed by atoms with van der Waals surface area (Å²) in [5.74, 6) is 2.63. The van der Waals surface area contributed by atoms with Gasteiger partial charge in [-0.05, 0) is 116 Å². The highest BCUT2D eigenvalue weighted by molar-refractivity contribution is 5.69. The number of carbonyl (C=O) groups excluding carboxylic acids is 1. The van der Waals surface area contributed by atoms with Crippen LogP contribution in [0.3, 0.4) is 0 Å². The van der Waals surface area contributed by atoms with Gasteiger partial charge in [0.1, 0.15) is 6.61 Å². The van der Waals surface area contributed by atoms with Gasteiger partial charge in [0.05, 0.1) is 12.2 Å². The molecule has 10 atom stereocenters. The van der Waals surface area contributed by atoms with Crippen LogP contribution in [0.25, 0.3) is 0 Å². The molecule has 0 unspecified atom stereocenters. The van der Waals surface area contributed by atoms with Gasteiger partial charge >= 0.3 is 5.97 Å². The molecule has 0 amide bonds. The van der Waals surface area contributed by atoms with E-state index in [2.05, 4.69) is 33.8 Å². The van der Waals surface area contributed by atoms with Gasteiger partial charge in [-0.25, -0.2) is 0 Å². The molecule has 1 aromatic rings. The van der Waals surface area contributed by atoms with Crippen molar-refractivity contribution in [3.05, 3.63) is 47.5 Å². The summed E-state index contributed by atoms with van der Waals surface area (Å²) in [4.78, 5) is 12.5. The molecule has 4 fully saturated rings. The molecule has 37 heavy (non-hydrogen) atoms. The molecular formula is C33H48O4. The number of allylic oxidation sites excluding steroid dienone is 1. The van der Waals surface area contributed by atoms with Gasteiger partial charge in [-0.1, -0.05) is 57.2 Å². The van der Waals surface area contributed by atoms with Crippen LogP contribution < -0.4 is 0 Å². The molecule has 4 aliphatic rings. The van der Waals surface area contributed by atoms with Gasteiger partial charge in [0.15, 0.2) is 0 Å². The van der Waals surface area contributed by atoms with Gasteiger partial charge in [0, 0.05) is 6.42 Å². The van der Waals surface area contributed by atoms with Crippen molar-refractivity contribution < 1.29 is 19.7 Å². The van der Waals surface area contributed by atoms with E-state index in [1.807, 2.05) is 30.3 Å². The maximum Gasteiger partial charge on any atom is 0.306 e. The Kier molecular flexibility index (Phi) is 7.64. The fraction of sp³-hybridized carbons (Fsp3) is 0.727. The monoisotopic (exact) mass is 508 g/mol. The van der Waals surface area contributed by atoms with Crippen molar-refractivity contribution in [1.29, 1.82) is 0 Å². The zero-order valence-corrected chi connectivity index (χ0v) is 23.4. The highest BCUT2D eigenvalue weighted by atomic mass is 16.5. The van der Waals surface area contributed by atoms with Gasteiger partial charge in [-0.15, -0.1) is 0 Å². The molecule has 0 aromatic heterocycles. The largest absolute Gasteiger partial charge is 0.461 e. The summed E-state index contributed by atoms with van der Waals surface area (Å²) in [5, 5.41) is 22.3. The number of benzene rings is 1. The van der Waals surface area contributed by atoms with Gasteiger partial charge in [0.2, 0.25) is 0 Å². The SMILES string of the molecule is CC=C1[C@@H](O)[C@@H]2[C@H](CC[C@]3(C)[C@@H]([C@H](C)CCC(=O)OCc4ccccc4)CC[C@@H]23)[C@@]2(C)CC[C@@H](O)C[C@@H]12. The van der Waals surface area contributed by atoms with Crippen molar-refractivity contribution in [2.45, 2.75) is 104 Å². The van der Waals surface area contributed by atoms with E-state index in [-0.39, 0.29) is 29.0 Å². The highest BCUT2D eigenvalue weighted by Gasteiger charge is 2.63. The third kappa shape index (κ3) is 4.71. The lowest BCUT2D eigenvalue weighted by Crippen LogP contribution is -2.59. The Morgan fingerprint density at radius 3 is 2.49 bits per heavy atom. The van der Waals surface area contributed by atoms with E-state index < -0.39 is 0 Å². The summed E-state index contributed by atoms with van der Waals surface area (Å²) in [6.45, 7) is 9.73. The van der Waals surface area contributed by atoms with Gasteiger partial charge < -0.3 is 14.9 Å². The van der Waals surface area contributed by atoms with Gasteiger partial charge in [-0.2, -0.15) is 0 Å². The molecule has 4 heteroatoms. The molecule has 2 N–H and O–H groups in total. The topological polar surface area (TPSA) is 66.8 Å². The lowest BCUT2D eigenvalue weighted by atomic mass is 9.42. The summed E-state index contributed by atoms with van der Waals surface area (Å²) >= 11 is 0. The first-order valence-electron chi connectivity index (χ1n) is 14.9. The van der Waals surface area contributed by atoms with Crippen LogP contribution in [0.5, 0.6) is 0 Å². The van der Waals surface area contributed by atoms with Crippen LogP contribution in [0, 0.1) is 46.3 Å². The Morgan fingerprint density at radius 1 is 1.05 bits per heavy atom. The Balaban J connectivity index is 1.26. The molecular weight excluding hydrogens is 460 g/mol. The van der Waals surface area contributed by atoms with Gasteiger partial charge in [-0.3, -0.25) is 4.79 Å². The first-order valence-corrected chi connectivity index (χ1v) is 14.9. The van der Waals surface area contributed by atoms with Gasteiger partial charge in [0.25, 0.3) is 0 Å². The van der Waals surface area contributed by atoms with E-state index >= 15 is 0 Å². The molecule has 4 saturated carbocycles. The molecule has 4 aliphatic carbocycles. The van der Waals surface area contributed by atoms with Crippen molar-refractivity contribution >= 4 is 5.97 Å². The fourth-order valence-electron chi connectivity index (χ4n) is 9.81. The zero-order valence-electron chi connectivity index (χ0n) is 23.4. The van der Waals surface area contributed by atoms with E-state index in [4.69, 9.17) is 4.74 Å². The predicted octanol–water partition coefficient (Wildman–Crippen LogP) is 6.69. The highest BCUT2D eigenvalue weighted by Crippen LogP contribution is 2.69. The number of esters is 1. The molecule has 204 valence electrons. The number of hydrogen-bond acceptors (Lipinski definition) is 4. The molecule has 0 heterocycles. The second kappa shape index (κ2) is 10.5. The van der Waals surface area contributed by atoms with E-state index in [1.54, 1.807) is 0 Å². The molecule has 0 aliphatic heterocycles. The van der Waals surface area contributed by atoms with Crippen LogP contribution in [0.4, 0.5) is 0 Å². The fourth-order valence-corrected chi connectivity index (χ4v) is 9.81. The molecule has 1 aromatic carbocycles. The Labute approximate surface area is 223 Å². The molecule has 0 saturated heterocycles. The number of ether oxygens (including phenoxy) is 1. The van der Waals surface area contributed by atoms with Crippen LogP contribution in [-0.2, 0) is 16.1 Å². The van der Waals surface area contributed by atoms with E-state index in [0.29, 0.717) is 48.5 Å². The summed E-state index contributed by atoms with van der Waals surface area (Å²) in [5.41, 5.74) is 2.62. The first-order chi connectivity index (χ1) is 17.7. The average molecular weight is 509 g/mol.